The maximum Gasteiger partial charge on any atom is 0.341 e. The van der Waals surface area contributed by atoms with Crippen molar-refractivity contribution >= 4 is 17.6 Å². The number of ether oxygens (including phenoxy) is 2. The average Bonchev–Trinajstić information content (AvgIpc) is 2.36. The van der Waals surface area contributed by atoms with E-state index in [-0.39, 0.29) is 11.5 Å². The van der Waals surface area contributed by atoms with E-state index >= 15 is 0 Å². The quantitative estimate of drug-likeness (QED) is 0.853. The van der Waals surface area contributed by atoms with E-state index in [9.17, 15) is 9.59 Å². The van der Waals surface area contributed by atoms with Gasteiger partial charge in [0.2, 0.25) is 5.91 Å². The molecule has 1 aromatic rings. The SMILES string of the molecule is COC(=O)c1cc(NC(=O)C(C)(C)C)ccc1OC. The monoisotopic (exact) mass is 265 g/mol. The molecule has 5 nitrogen and oxygen atoms in total. The number of rotatable bonds is 3. The number of amides is 1. The van der Waals surface area contributed by atoms with Crippen LogP contribution in [-0.4, -0.2) is 26.1 Å². The number of nitrogens with one attached hydrogen (secondary N) is 1. The Morgan fingerprint density at radius 3 is 2.26 bits per heavy atom. The molecule has 104 valence electrons. The van der Waals surface area contributed by atoms with Crippen LogP contribution in [0.3, 0.4) is 0 Å². The average molecular weight is 265 g/mol. The third-order valence-corrected chi connectivity index (χ3v) is 2.54. The Bertz CT molecular complexity index is 489. The molecule has 0 saturated carbocycles. The van der Waals surface area contributed by atoms with Crippen molar-refractivity contribution in [3.8, 4) is 5.75 Å². The summed E-state index contributed by atoms with van der Waals surface area (Å²) < 4.78 is 9.76. The van der Waals surface area contributed by atoms with Crippen molar-refractivity contribution in [2.45, 2.75) is 20.8 Å². The summed E-state index contributed by atoms with van der Waals surface area (Å²) in [6.45, 7) is 5.44. The topological polar surface area (TPSA) is 64.6 Å². The fourth-order valence-corrected chi connectivity index (χ4v) is 1.37. The predicted molar refractivity (Wildman–Crippen MR) is 72.4 cm³/mol. The van der Waals surface area contributed by atoms with Crippen LogP contribution in [-0.2, 0) is 9.53 Å². The molecule has 0 unspecified atom stereocenters. The van der Waals surface area contributed by atoms with Crippen LogP contribution in [0.1, 0.15) is 31.1 Å². The molecule has 1 amide bonds. The van der Waals surface area contributed by atoms with Crippen molar-refractivity contribution in [1.82, 2.24) is 0 Å². The molecule has 0 saturated heterocycles. The van der Waals surface area contributed by atoms with E-state index in [1.54, 1.807) is 12.1 Å². The highest BCUT2D eigenvalue weighted by molar-refractivity contribution is 5.98. The summed E-state index contributed by atoms with van der Waals surface area (Å²) in [5, 5.41) is 2.75. The summed E-state index contributed by atoms with van der Waals surface area (Å²) in [5.41, 5.74) is 0.295. The highest BCUT2D eigenvalue weighted by atomic mass is 16.5. The van der Waals surface area contributed by atoms with E-state index in [0.29, 0.717) is 11.4 Å². The van der Waals surface area contributed by atoms with Gasteiger partial charge < -0.3 is 14.8 Å². The molecule has 1 rings (SSSR count). The molecule has 5 heteroatoms. The smallest absolute Gasteiger partial charge is 0.341 e. The second kappa shape index (κ2) is 5.73. The molecule has 1 N–H and O–H groups in total. The third-order valence-electron chi connectivity index (χ3n) is 2.54. The molecule has 0 aliphatic carbocycles. The van der Waals surface area contributed by atoms with E-state index in [1.807, 2.05) is 20.8 Å². The fourth-order valence-electron chi connectivity index (χ4n) is 1.37. The number of carbonyl (C=O) groups excluding carboxylic acids is 2. The number of benzene rings is 1. The second-order valence-electron chi connectivity index (χ2n) is 5.11. The van der Waals surface area contributed by atoms with Gasteiger partial charge in [0, 0.05) is 11.1 Å². The van der Waals surface area contributed by atoms with E-state index in [2.05, 4.69) is 10.1 Å². The number of hydrogen-bond donors (Lipinski definition) is 1. The van der Waals surface area contributed by atoms with Crippen LogP contribution in [0.25, 0.3) is 0 Å². The molecule has 1 aromatic carbocycles. The highest BCUT2D eigenvalue weighted by Gasteiger charge is 2.22. The van der Waals surface area contributed by atoms with Gasteiger partial charge in [-0.15, -0.1) is 0 Å². The van der Waals surface area contributed by atoms with E-state index in [1.165, 1.54) is 20.3 Å². The molecule has 0 atom stereocenters. The minimum atomic E-state index is -0.510. The van der Waals surface area contributed by atoms with Gasteiger partial charge in [-0.05, 0) is 18.2 Å². The molecular formula is C14H19NO4. The van der Waals surface area contributed by atoms with Gasteiger partial charge in [0.1, 0.15) is 11.3 Å². The predicted octanol–water partition coefficient (Wildman–Crippen LogP) is 2.47. The van der Waals surface area contributed by atoms with Gasteiger partial charge in [0.15, 0.2) is 0 Å². The summed E-state index contributed by atoms with van der Waals surface area (Å²) in [7, 11) is 2.76. The highest BCUT2D eigenvalue weighted by Crippen LogP contribution is 2.25. The lowest BCUT2D eigenvalue weighted by Gasteiger charge is -2.18. The van der Waals surface area contributed by atoms with Gasteiger partial charge in [0.25, 0.3) is 0 Å². The van der Waals surface area contributed by atoms with Crippen molar-refractivity contribution in [3.63, 3.8) is 0 Å². The van der Waals surface area contributed by atoms with Crippen LogP contribution in [0.2, 0.25) is 0 Å². The van der Waals surface area contributed by atoms with Crippen LogP contribution >= 0.6 is 0 Å². The lowest BCUT2D eigenvalue weighted by atomic mass is 9.95. The van der Waals surface area contributed by atoms with Gasteiger partial charge >= 0.3 is 5.97 Å². The van der Waals surface area contributed by atoms with Crippen LogP contribution < -0.4 is 10.1 Å². The van der Waals surface area contributed by atoms with Crippen molar-refractivity contribution in [2.75, 3.05) is 19.5 Å². The largest absolute Gasteiger partial charge is 0.496 e. The molecule has 0 spiro atoms. The van der Waals surface area contributed by atoms with E-state index in [4.69, 9.17) is 4.74 Å². The first-order valence-electron chi connectivity index (χ1n) is 5.87. The molecule has 0 aliphatic rings. The van der Waals surface area contributed by atoms with E-state index < -0.39 is 11.4 Å². The van der Waals surface area contributed by atoms with Gasteiger partial charge in [-0.2, -0.15) is 0 Å². The minimum Gasteiger partial charge on any atom is -0.496 e. The van der Waals surface area contributed by atoms with Crippen LogP contribution in [0.15, 0.2) is 18.2 Å². The summed E-state index contributed by atoms with van der Waals surface area (Å²) in [6.07, 6.45) is 0. The Hall–Kier alpha value is -2.04. The summed E-state index contributed by atoms with van der Waals surface area (Å²) in [5.74, 6) is -0.238. The van der Waals surface area contributed by atoms with Crippen molar-refractivity contribution in [1.29, 1.82) is 0 Å². The standard InChI is InChI=1S/C14H19NO4/c1-14(2,3)13(17)15-9-6-7-11(18-4)10(8-9)12(16)19-5/h6-8H,1-5H3,(H,15,17). The van der Waals surface area contributed by atoms with Gasteiger partial charge in [-0.25, -0.2) is 4.79 Å². The number of esters is 1. The lowest BCUT2D eigenvalue weighted by molar-refractivity contribution is -0.123. The molecule has 19 heavy (non-hydrogen) atoms. The van der Waals surface area contributed by atoms with Crippen LogP contribution in [0.4, 0.5) is 5.69 Å². The first-order valence-corrected chi connectivity index (χ1v) is 5.87. The molecule has 0 aliphatic heterocycles. The molecular weight excluding hydrogens is 246 g/mol. The van der Waals surface area contributed by atoms with Crippen LogP contribution in [0, 0.1) is 5.41 Å². The number of methoxy groups -OCH3 is 2. The summed E-state index contributed by atoms with van der Waals surface area (Å²) in [4.78, 5) is 23.5. The number of anilines is 1. The minimum absolute atomic E-state index is 0.131. The second-order valence-corrected chi connectivity index (χ2v) is 5.11. The summed E-state index contributed by atoms with van der Waals surface area (Å²) in [6, 6.07) is 4.83. The molecule has 0 heterocycles. The van der Waals surface area contributed by atoms with E-state index in [0.717, 1.165) is 0 Å². The first kappa shape index (κ1) is 15.0. The first-order chi connectivity index (χ1) is 8.79. The maximum absolute atomic E-state index is 11.9. The summed E-state index contributed by atoms with van der Waals surface area (Å²) >= 11 is 0. The lowest BCUT2D eigenvalue weighted by Crippen LogP contribution is -2.27. The maximum atomic E-state index is 11.9. The Balaban J connectivity index is 3.05. The van der Waals surface area contributed by atoms with Crippen molar-refractivity contribution < 1.29 is 19.1 Å². The van der Waals surface area contributed by atoms with Gasteiger partial charge in [-0.1, -0.05) is 20.8 Å². The molecule has 0 aromatic heterocycles. The third kappa shape index (κ3) is 3.71. The zero-order chi connectivity index (χ0) is 14.6. The Labute approximate surface area is 112 Å². The normalized spacial score (nSPS) is 10.8. The molecule has 0 fully saturated rings. The Kier molecular flexibility index (Phi) is 4.53. The van der Waals surface area contributed by atoms with Gasteiger partial charge in [-0.3, -0.25) is 4.79 Å². The molecule has 0 bridgehead atoms. The Morgan fingerprint density at radius 1 is 1.16 bits per heavy atom. The van der Waals surface area contributed by atoms with Gasteiger partial charge in [0.05, 0.1) is 14.2 Å². The zero-order valence-corrected chi connectivity index (χ0v) is 11.9. The number of carbonyl (C=O) groups is 2. The Morgan fingerprint density at radius 2 is 1.79 bits per heavy atom. The fraction of sp³-hybridized carbons (Fsp3) is 0.429. The van der Waals surface area contributed by atoms with Crippen LogP contribution in [0.5, 0.6) is 5.75 Å². The number of hydrogen-bond acceptors (Lipinski definition) is 4. The van der Waals surface area contributed by atoms with Crippen molar-refractivity contribution in [3.05, 3.63) is 23.8 Å². The zero-order valence-electron chi connectivity index (χ0n) is 11.9. The van der Waals surface area contributed by atoms with Crippen molar-refractivity contribution in [2.24, 2.45) is 5.41 Å². The molecule has 0 radical (unpaired) electrons.